The molecule has 1 amide bonds. The van der Waals surface area contributed by atoms with Gasteiger partial charge in [0.1, 0.15) is 5.60 Å². The molecule has 0 heterocycles. The second kappa shape index (κ2) is 10.3. The second-order valence-corrected chi connectivity index (χ2v) is 9.12. The van der Waals surface area contributed by atoms with Crippen molar-refractivity contribution in [2.75, 3.05) is 39.9 Å². The van der Waals surface area contributed by atoms with Gasteiger partial charge in [0.2, 0.25) is 0 Å². The third-order valence-corrected chi connectivity index (χ3v) is 5.43. The van der Waals surface area contributed by atoms with Gasteiger partial charge in [-0.2, -0.15) is 0 Å². The molecule has 2 N–H and O–H groups in total. The van der Waals surface area contributed by atoms with Crippen LogP contribution in [0.4, 0.5) is 4.79 Å². The second-order valence-electron chi connectivity index (χ2n) is 9.12. The minimum absolute atomic E-state index is 0.216. The van der Waals surface area contributed by atoms with Crippen LogP contribution in [0.5, 0.6) is 0 Å². The summed E-state index contributed by atoms with van der Waals surface area (Å²) in [6, 6.07) is 0.323. The van der Waals surface area contributed by atoms with Gasteiger partial charge in [0.05, 0.1) is 0 Å². The highest BCUT2D eigenvalue weighted by Crippen LogP contribution is 2.44. The predicted molar refractivity (Wildman–Crippen MR) is 113 cm³/mol. The molecule has 0 aromatic carbocycles. The van der Waals surface area contributed by atoms with E-state index in [9.17, 15) is 4.79 Å². The van der Waals surface area contributed by atoms with Gasteiger partial charge in [0.25, 0.3) is 0 Å². The quantitative estimate of drug-likeness (QED) is 0.438. The maximum absolute atomic E-state index is 12.5. The van der Waals surface area contributed by atoms with E-state index in [0.717, 1.165) is 44.9 Å². The van der Waals surface area contributed by atoms with E-state index in [-0.39, 0.29) is 6.09 Å². The smallest absolute Gasteiger partial charge is 0.410 e. The lowest BCUT2D eigenvalue weighted by atomic mass is 9.67. The van der Waals surface area contributed by atoms with Crippen molar-refractivity contribution in [2.45, 2.75) is 77.9 Å². The van der Waals surface area contributed by atoms with Crippen LogP contribution in [0.3, 0.4) is 0 Å². The topological polar surface area (TPSA) is 75.2 Å². The maximum Gasteiger partial charge on any atom is 0.410 e. The summed E-state index contributed by atoms with van der Waals surface area (Å²) in [4.78, 5) is 19.1. The van der Waals surface area contributed by atoms with E-state index in [1.54, 1.807) is 7.11 Å². The summed E-state index contributed by atoms with van der Waals surface area (Å²) in [5.74, 6) is 0.825. The van der Waals surface area contributed by atoms with Gasteiger partial charge >= 0.3 is 6.09 Å². The van der Waals surface area contributed by atoms with Crippen LogP contribution in [0, 0.1) is 5.41 Å². The number of amides is 1. The molecular weight excluding hydrogens is 356 g/mol. The number of hydrogen-bond donors (Lipinski definition) is 2. The number of carbonyl (C=O) groups is 1. The Bertz CT molecular complexity index is 522. The Hall–Kier alpha value is -1.50. The van der Waals surface area contributed by atoms with Gasteiger partial charge in [-0.15, -0.1) is 0 Å². The Morgan fingerprint density at radius 2 is 1.96 bits per heavy atom. The van der Waals surface area contributed by atoms with Crippen LogP contribution in [0.2, 0.25) is 0 Å². The molecular formula is C21H40N4O3. The number of aliphatic imine (C=N–C) groups is 1. The molecule has 0 bridgehead atoms. The summed E-state index contributed by atoms with van der Waals surface area (Å²) in [6.45, 7) is 11.5. The minimum Gasteiger partial charge on any atom is -0.444 e. The molecule has 0 aromatic heterocycles. The standard InChI is InChI=1S/C21H40N4O3/c1-6-22-18(24-16-21(10-7-11-21)12-15-27-5)23-13-14-25(17-8-9-17)19(26)28-20(2,3)4/h17H,6-16H2,1-5H3,(H2,22,23,24). The Labute approximate surface area is 170 Å². The number of hydrogen-bond acceptors (Lipinski definition) is 4. The molecule has 162 valence electrons. The first-order chi connectivity index (χ1) is 13.3. The largest absolute Gasteiger partial charge is 0.444 e. The van der Waals surface area contributed by atoms with Gasteiger partial charge < -0.3 is 25.0 Å². The third-order valence-electron chi connectivity index (χ3n) is 5.43. The van der Waals surface area contributed by atoms with Crippen LogP contribution in [-0.4, -0.2) is 68.5 Å². The lowest BCUT2D eigenvalue weighted by Crippen LogP contribution is -2.45. The Morgan fingerprint density at radius 3 is 2.46 bits per heavy atom. The fourth-order valence-corrected chi connectivity index (χ4v) is 3.50. The van der Waals surface area contributed by atoms with Gasteiger partial charge in [0, 0.05) is 45.9 Å². The highest BCUT2D eigenvalue weighted by atomic mass is 16.6. The first kappa shape index (κ1) is 22.8. The van der Waals surface area contributed by atoms with Crippen LogP contribution in [0.15, 0.2) is 4.99 Å². The number of guanidine groups is 1. The van der Waals surface area contributed by atoms with Crippen molar-refractivity contribution >= 4 is 12.1 Å². The van der Waals surface area contributed by atoms with Crippen LogP contribution in [0.1, 0.15) is 66.2 Å². The first-order valence-electron chi connectivity index (χ1n) is 10.8. The Balaban J connectivity index is 1.85. The van der Waals surface area contributed by atoms with E-state index in [4.69, 9.17) is 14.5 Å². The highest BCUT2D eigenvalue weighted by Gasteiger charge is 2.37. The number of carbonyl (C=O) groups excluding carboxylic acids is 1. The maximum atomic E-state index is 12.5. The highest BCUT2D eigenvalue weighted by molar-refractivity contribution is 5.79. The average molecular weight is 397 g/mol. The van der Waals surface area contributed by atoms with E-state index in [1.807, 2.05) is 25.7 Å². The zero-order valence-corrected chi connectivity index (χ0v) is 18.5. The average Bonchev–Trinajstić information content (AvgIpc) is 3.40. The molecule has 0 aromatic rings. The van der Waals surface area contributed by atoms with Gasteiger partial charge in [-0.05, 0) is 65.2 Å². The van der Waals surface area contributed by atoms with Crippen molar-refractivity contribution in [1.82, 2.24) is 15.5 Å². The number of rotatable bonds is 10. The molecule has 28 heavy (non-hydrogen) atoms. The number of nitrogens with zero attached hydrogens (tertiary/aromatic N) is 2. The normalized spacial score (nSPS) is 19.0. The van der Waals surface area contributed by atoms with Crippen LogP contribution >= 0.6 is 0 Å². The van der Waals surface area contributed by atoms with Crippen molar-refractivity contribution in [3.63, 3.8) is 0 Å². The van der Waals surface area contributed by atoms with Crippen LogP contribution in [-0.2, 0) is 9.47 Å². The van der Waals surface area contributed by atoms with Crippen LogP contribution in [0.25, 0.3) is 0 Å². The molecule has 0 atom stereocenters. The zero-order valence-electron chi connectivity index (χ0n) is 18.5. The van der Waals surface area contributed by atoms with Crippen molar-refractivity contribution in [1.29, 1.82) is 0 Å². The molecule has 0 spiro atoms. The van der Waals surface area contributed by atoms with E-state index >= 15 is 0 Å². The van der Waals surface area contributed by atoms with Gasteiger partial charge in [-0.25, -0.2) is 4.79 Å². The zero-order chi connectivity index (χ0) is 20.6. The molecule has 2 aliphatic carbocycles. The van der Waals surface area contributed by atoms with Crippen LogP contribution < -0.4 is 10.6 Å². The molecule has 0 unspecified atom stereocenters. The van der Waals surface area contributed by atoms with Gasteiger partial charge in [0.15, 0.2) is 5.96 Å². The minimum atomic E-state index is -0.465. The molecule has 2 saturated carbocycles. The Kier molecular flexibility index (Phi) is 8.40. The van der Waals surface area contributed by atoms with E-state index < -0.39 is 5.60 Å². The molecule has 2 rings (SSSR count). The molecule has 7 nitrogen and oxygen atoms in total. The lowest BCUT2D eigenvalue weighted by molar-refractivity contribution is 0.0238. The number of ether oxygens (including phenoxy) is 2. The molecule has 0 saturated heterocycles. The third kappa shape index (κ3) is 7.49. The summed E-state index contributed by atoms with van der Waals surface area (Å²) in [5, 5.41) is 6.71. The first-order valence-corrected chi connectivity index (χ1v) is 10.8. The fourth-order valence-electron chi connectivity index (χ4n) is 3.50. The molecule has 7 heteroatoms. The van der Waals surface area contributed by atoms with Gasteiger partial charge in [-0.1, -0.05) is 6.42 Å². The summed E-state index contributed by atoms with van der Waals surface area (Å²) >= 11 is 0. The summed E-state index contributed by atoms with van der Waals surface area (Å²) in [5.41, 5.74) is -0.164. The molecule has 0 radical (unpaired) electrons. The summed E-state index contributed by atoms with van der Waals surface area (Å²) in [7, 11) is 1.76. The SMILES string of the molecule is CCNC(=NCC1(CCOC)CCC1)NCCN(C(=O)OC(C)(C)C)C1CC1. The summed E-state index contributed by atoms with van der Waals surface area (Å²) in [6.07, 6.45) is 6.73. The monoisotopic (exact) mass is 396 g/mol. The molecule has 0 aliphatic heterocycles. The molecule has 2 aliphatic rings. The lowest BCUT2D eigenvalue weighted by Gasteiger charge is -2.40. The summed E-state index contributed by atoms with van der Waals surface area (Å²) < 4.78 is 10.8. The van der Waals surface area contributed by atoms with E-state index in [0.29, 0.717) is 24.5 Å². The van der Waals surface area contributed by atoms with Crippen molar-refractivity contribution in [3.8, 4) is 0 Å². The molecule has 2 fully saturated rings. The van der Waals surface area contributed by atoms with E-state index in [2.05, 4.69) is 17.6 Å². The number of methoxy groups -OCH3 is 1. The van der Waals surface area contributed by atoms with Gasteiger partial charge in [-0.3, -0.25) is 4.99 Å². The van der Waals surface area contributed by atoms with E-state index in [1.165, 1.54) is 19.3 Å². The fraction of sp³-hybridized carbons (Fsp3) is 0.905. The predicted octanol–water partition coefficient (Wildman–Crippen LogP) is 3.15. The number of nitrogens with one attached hydrogen (secondary N) is 2. The van der Waals surface area contributed by atoms with Crippen molar-refractivity contribution in [3.05, 3.63) is 0 Å². The van der Waals surface area contributed by atoms with Crippen molar-refractivity contribution in [2.24, 2.45) is 10.4 Å². The Morgan fingerprint density at radius 1 is 1.25 bits per heavy atom. The van der Waals surface area contributed by atoms with Crippen molar-refractivity contribution < 1.29 is 14.3 Å².